The molecule has 0 radical (unpaired) electrons. The Labute approximate surface area is 234 Å². The zero-order valence-corrected chi connectivity index (χ0v) is 22.4. The smallest absolute Gasteiger partial charge is 0.176 e. The van der Waals surface area contributed by atoms with Gasteiger partial charge < -0.3 is 4.42 Å². The van der Waals surface area contributed by atoms with Gasteiger partial charge in [-0.05, 0) is 52.4 Å². The molecule has 0 atom stereocenters. The molecular weight excluding hydrogens is 514 g/mol. The minimum atomic E-state index is 0.337. The van der Waals surface area contributed by atoms with Gasteiger partial charge in [0.15, 0.2) is 16.6 Å². The average molecular weight is 536 g/mol. The maximum absolute atomic E-state index is 6.89. The molecule has 0 fully saturated rings. The number of nitrogens with zero attached hydrogens (tertiary/aromatic N) is 3. The van der Waals surface area contributed by atoms with Crippen molar-refractivity contribution in [2.75, 3.05) is 0 Å². The monoisotopic (exact) mass is 535 g/mol. The van der Waals surface area contributed by atoms with E-state index < -0.39 is 0 Å². The van der Waals surface area contributed by atoms with Crippen LogP contribution in [0.4, 0.5) is 0 Å². The maximum Gasteiger partial charge on any atom is 0.176 e. The van der Waals surface area contributed by atoms with E-state index >= 15 is 0 Å². The Balaban J connectivity index is 1.63. The molecule has 0 N–H and O–H groups in total. The topological polar surface area (TPSA) is 43.9 Å². The average Bonchev–Trinajstić information content (AvgIpc) is 3.49. The van der Waals surface area contributed by atoms with Crippen molar-refractivity contribution in [1.82, 2.24) is 14.5 Å². The van der Waals surface area contributed by atoms with Crippen LogP contribution < -0.4 is 10.4 Å². The lowest BCUT2D eigenvalue weighted by Crippen LogP contribution is -2.21. The Bertz CT molecular complexity index is 2430. The highest BCUT2D eigenvalue weighted by molar-refractivity contribution is 6.34. The molecular formula is C35H22ClN3O. The molecule has 0 bridgehead atoms. The Morgan fingerprint density at radius 2 is 1.38 bits per heavy atom. The Hall–Kier alpha value is -4.93. The first kappa shape index (κ1) is 23.0. The van der Waals surface area contributed by atoms with Crippen molar-refractivity contribution in [3.8, 4) is 5.82 Å². The molecule has 40 heavy (non-hydrogen) atoms. The SMILES string of the molecule is C=c1cccc/c1=C/c1c(C)oc2c1c1ccccc1c1c3ccccc3n(-c3nc4ccccc4nc3Cl)c21. The highest BCUT2D eigenvalue weighted by Gasteiger charge is 2.25. The van der Waals surface area contributed by atoms with Gasteiger partial charge >= 0.3 is 0 Å². The van der Waals surface area contributed by atoms with Crippen LogP contribution in [0.1, 0.15) is 11.3 Å². The third kappa shape index (κ3) is 3.20. The van der Waals surface area contributed by atoms with Gasteiger partial charge in [-0.1, -0.05) is 97.0 Å². The Kier molecular flexibility index (Phi) is 4.91. The van der Waals surface area contributed by atoms with Crippen LogP contribution >= 0.6 is 11.6 Å². The normalized spacial score (nSPS) is 12.5. The van der Waals surface area contributed by atoms with Gasteiger partial charge in [-0.15, -0.1) is 0 Å². The fourth-order valence-electron chi connectivity index (χ4n) is 5.97. The lowest BCUT2D eigenvalue weighted by atomic mass is 9.97. The third-order valence-electron chi connectivity index (χ3n) is 7.76. The van der Waals surface area contributed by atoms with Crippen molar-refractivity contribution >= 4 is 78.8 Å². The zero-order chi connectivity index (χ0) is 27.0. The number of hydrogen-bond donors (Lipinski definition) is 0. The summed E-state index contributed by atoms with van der Waals surface area (Å²) in [6.07, 6.45) is 2.18. The van der Waals surface area contributed by atoms with E-state index in [0.29, 0.717) is 11.0 Å². The van der Waals surface area contributed by atoms with E-state index in [4.69, 9.17) is 26.0 Å². The molecule has 0 saturated heterocycles. The lowest BCUT2D eigenvalue weighted by molar-refractivity contribution is 0.579. The number of furan rings is 1. The van der Waals surface area contributed by atoms with Gasteiger partial charge in [0.25, 0.3) is 0 Å². The van der Waals surface area contributed by atoms with E-state index in [2.05, 4.69) is 65.8 Å². The number of aryl methyl sites for hydroxylation is 1. The first-order chi connectivity index (χ1) is 19.6. The largest absolute Gasteiger partial charge is 0.458 e. The molecule has 5 heteroatoms. The predicted molar refractivity (Wildman–Crippen MR) is 166 cm³/mol. The summed E-state index contributed by atoms with van der Waals surface area (Å²) in [4.78, 5) is 9.74. The minimum absolute atomic E-state index is 0.337. The van der Waals surface area contributed by atoms with Gasteiger partial charge in [0.1, 0.15) is 5.76 Å². The summed E-state index contributed by atoms with van der Waals surface area (Å²) in [5.41, 5.74) is 5.28. The van der Waals surface area contributed by atoms with E-state index in [-0.39, 0.29) is 0 Å². The first-order valence-electron chi connectivity index (χ1n) is 13.2. The van der Waals surface area contributed by atoms with Crippen LogP contribution in [0.2, 0.25) is 5.15 Å². The molecule has 4 nitrogen and oxygen atoms in total. The maximum atomic E-state index is 6.89. The van der Waals surface area contributed by atoms with Crippen molar-refractivity contribution in [2.24, 2.45) is 0 Å². The van der Waals surface area contributed by atoms with Crippen LogP contribution in [0.15, 0.2) is 101 Å². The van der Waals surface area contributed by atoms with Crippen LogP contribution in [-0.2, 0) is 0 Å². The zero-order valence-electron chi connectivity index (χ0n) is 21.6. The molecule has 0 amide bonds. The summed E-state index contributed by atoms with van der Waals surface area (Å²) >= 11 is 6.89. The van der Waals surface area contributed by atoms with Gasteiger partial charge in [0.05, 0.1) is 22.1 Å². The van der Waals surface area contributed by atoms with Crippen LogP contribution in [0.25, 0.3) is 73.1 Å². The number of rotatable bonds is 2. The molecule has 8 aromatic rings. The summed E-state index contributed by atoms with van der Waals surface area (Å²) in [6, 6.07) is 32.8. The van der Waals surface area contributed by atoms with E-state index in [1.54, 1.807) is 0 Å². The van der Waals surface area contributed by atoms with Crippen molar-refractivity contribution < 1.29 is 4.42 Å². The fraction of sp³-hybridized carbons (Fsp3) is 0.0286. The van der Waals surface area contributed by atoms with Crippen LogP contribution in [0.3, 0.4) is 0 Å². The number of hydrogen-bond acceptors (Lipinski definition) is 3. The minimum Gasteiger partial charge on any atom is -0.458 e. The van der Waals surface area contributed by atoms with Crippen molar-refractivity contribution in [1.29, 1.82) is 0 Å². The van der Waals surface area contributed by atoms with Crippen LogP contribution in [0.5, 0.6) is 0 Å². The van der Waals surface area contributed by atoms with Gasteiger partial charge in [-0.3, -0.25) is 4.57 Å². The first-order valence-corrected chi connectivity index (χ1v) is 13.5. The van der Waals surface area contributed by atoms with Gasteiger partial charge in [-0.2, -0.15) is 0 Å². The van der Waals surface area contributed by atoms with Crippen molar-refractivity contribution in [3.63, 3.8) is 0 Å². The summed E-state index contributed by atoms with van der Waals surface area (Å²) in [7, 11) is 0. The van der Waals surface area contributed by atoms with Gasteiger partial charge in [0, 0.05) is 21.7 Å². The number of para-hydroxylation sites is 3. The number of fused-ring (bicyclic) bond motifs is 9. The standard InChI is InChI=1S/C35H22ClN3O/c1-20-11-3-4-12-22(20)19-26-21(2)40-33-31(26)24-14-6-5-13-23(24)30-25-15-7-10-18-29(25)39(32(30)33)35-34(36)37-27-16-8-9-17-28(27)38-35/h3-19H,1H2,2H3/b22-19-. The third-order valence-corrected chi connectivity index (χ3v) is 8.02. The lowest BCUT2D eigenvalue weighted by Gasteiger charge is -2.11. The van der Waals surface area contributed by atoms with E-state index in [9.17, 15) is 0 Å². The van der Waals surface area contributed by atoms with Crippen molar-refractivity contribution in [3.05, 3.63) is 124 Å². The van der Waals surface area contributed by atoms with E-state index in [0.717, 1.165) is 76.3 Å². The summed E-state index contributed by atoms with van der Waals surface area (Å²) in [6.45, 7) is 6.27. The molecule has 0 aliphatic rings. The Morgan fingerprint density at radius 1 is 0.750 bits per heavy atom. The fourth-order valence-corrected chi connectivity index (χ4v) is 6.19. The second-order valence-corrected chi connectivity index (χ2v) is 10.4. The summed E-state index contributed by atoms with van der Waals surface area (Å²) < 4.78 is 8.80. The van der Waals surface area contributed by atoms with Gasteiger partial charge in [0.2, 0.25) is 0 Å². The molecule has 0 spiro atoms. The van der Waals surface area contributed by atoms with Gasteiger partial charge in [-0.25, -0.2) is 9.97 Å². The van der Waals surface area contributed by atoms with Crippen LogP contribution in [-0.4, -0.2) is 14.5 Å². The highest BCUT2D eigenvalue weighted by atomic mass is 35.5. The highest BCUT2D eigenvalue weighted by Crippen LogP contribution is 2.45. The number of benzene rings is 5. The van der Waals surface area contributed by atoms with E-state index in [1.165, 1.54) is 0 Å². The Morgan fingerprint density at radius 3 is 2.15 bits per heavy atom. The van der Waals surface area contributed by atoms with E-state index in [1.807, 2.05) is 55.5 Å². The molecule has 3 aromatic heterocycles. The molecule has 5 aromatic carbocycles. The second-order valence-electron chi connectivity index (χ2n) is 10.1. The molecule has 0 saturated carbocycles. The second kappa shape index (κ2) is 8.54. The molecule has 0 unspecified atom stereocenters. The summed E-state index contributed by atoms with van der Waals surface area (Å²) in [5, 5.41) is 7.89. The molecule has 190 valence electrons. The quantitative estimate of drug-likeness (QED) is 0.226. The number of aromatic nitrogens is 3. The molecule has 0 aliphatic carbocycles. The molecule has 0 aliphatic heterocycles. The predicted octanol–water partition coefficient (Wildman–Crippen LogP) is 7.83. The molecule has 8 rings (SSSR count). The number of halogens is 1. The summed E-state index contributed by atoms with van der Waals surface area (Å²) in [5.74, 6) is 1.41. The molecule has 3 heterocycles. The van der Waals surface area contributed by atoms with Crippen LogP contribution in [0, 0.1) is 6.92 Å². The van der Waals surface area contributed by atoms with Crippen molar-refractivity contribution in [2.45, 2.75) is 6.92 Å².